The lowest BCUT2D eigenvalue weighted by molar-refractivity contribution is -0.0759. The maximum absolute atomic E-state index is 10.6. The molecule has 2 heterocycles. The van der Waals surface area contributed by atoms with Crippen LogP contribution in [0.2, 0.25) is 0 Å². The van der Waals surface area contributed by atoms with Gasteiger partial charge < -0.3 is 10.4 Å². The lowest BCUT2D eigenvalue weighted by atomic mass is 9.53. The van der Waals surface area contributed by atoms with Gasteiger partial charge in [-0.1, -0.05) is 13.0 Å². The number of aromatic nitrogens is 1. The monoisotopic (exact) mass is 258 g/mol. The summed E-state index contributed by atoms with van der Waals surface area (Å²) in [4.78, 5) is 4.62. The third-order valence-electron chi connectivity index (χ3n) is 5.57. The predicted molar refractivity (Wildman–Crippen MR) is 73.6 cm³/mol. The summed E-state index contributed by atoms with van der Waals surface area (Å²) in [6, 6.07) is 4.28. The number of hydrogen-bond donors (Lipinski definition) is 2. The Morgan fingerprint density at radius 1 is 1.47 bits per heavy atom. The van der Waals surface area contributed by atoms with Gasteiger partial charge in [-0.2, -0.15) is 0 Å². The van der Waals surface area contributed by atoms with Gasteiger partial charge in [-0.05, 0) is 55.7 Å². The fourth-order valence-electron chi connectivity index (χ4n) is 5.14. The summed E-state index contributed by atoms with van der Waals surface area (Å²) in [5.41, 5.74) is 2.61. The van der Waals surface area contributed by atoms with E-state index in [0.29, 0.717) is 11.8 Å². The van der Waals surface area contributed by atoms with E-state index in [2.05, 4.69) is 23.3 Å². The van der Waals surface area contributed by atoms with Gasteiger partial charge in [0.05, 0.1) is 11.6 Å². The molecule has 0 spiro atoms. The first kappa shape index (κ1) is 11.9. The first-order chi connectivity index (χ1) is 9.21. The van der Waals surface area contributed by atoms with Crippen LogP contribution in [0.4, 0.5) is 0 Å². The quantitative estimate of drug-likeness (QED) is 0.746. The first-order valence-corrected chi connectivity index (χ1v) is 7.58. The molecule has 19 heavy (non-hydrogen) atoms. The van der Waals surface area contributed by atoms with Gasteiger partial charge in [-0.3, -0.25) is 4.98 Å². The van der Waals surface area contributed by atoms with E-state index >= 15 is 0 Å². The molecule has 102 valence electrons. The van der Waals surface area contributed by atoms with Crippen LogP contribution in [0.3, 0.4) is 0 Å². The van der Waals surface area contributed by atoms with E-state index in [-0.39, 0.29) is 11.6 Å². The Labute approximate surface area is 114 Å². The van der Waals surface area contributed by atoms with Gasteiger partial charge in [-0.15, -0.1) is 0 Å². The lowest BCUT2D eigenvalue weighted by Crippen LogP contribution is -2.64. The molecule has 2 fully saturated rings. The molecule has 4 rings (SSSR count). The fourth-order valence-corrected chi connectivity index (χ4v) is 5.14. The van der Waals surface area contributed by atoms with Crippen molar-refractivity contribution in [1.29, 1.82) is 0 Å². The molecule has 2 N–H and O–H groups in total. The summed E-state index contributed by atoms with van der Waals surface area (Å²) < 4.78 is 0. The van der Waals surface area contributed by atoms with Crippen LogP contribution in [0.15, 0.2) is 18.3 Å². The highest BCUT2D eigenvalue weighted by molar-refractivity contribution is 5.36. The Bertz CT molecular complexity index is 503. The molecule has 2 bridgehead atoms. The third-order valence-corrected chi connectivity index (χ3v) is 5.57. The van der Waals surface area contributed by atoms with Crippen molar-refractivity contribution in [1.82, 2.24) is 10.3 Å². The molecule has 5 atom stereocenters. The Balaban J connectivity index is 1.91. The van der Waals surface area contributed by atoms with E-state index in [1.54, 1.807) is 0 Å². The first-order valence-electron chi connectivity index (χ1n) is 7.58. The van der Waals surface area contributed by atoms with Crippen LogP contribution in [0, 0.1) is 17.8 Å². The SMILES string of the molecule is CC1CC2Cc3ncccc3C3(C1)NCCC(O)C23. The van der Waals surface area contributed by atoms with Gasteiger partial charge in [0.2, 0.25) is 0 Å². The van der Waals surface area contributed by atoms with Crippen LogP contribution in [0.5, 0.6) is 0 Å². The van der Waals surface area contributed by atoms with Crippen molar-refractivity contribution < 1.29 is 5.11 Å². The van der Waals surface area contributed by atoms with Crippen LogP contribution < -0.4 is 5.32 Å². The summed E-state index contributed by atoms with van der Waals surface area (Å²) in [6.07, 6.45) is 6.09. The van der Waals surface area contributed by atoms with Crippen LogP contribution in [0.1, 0.15) is 37.4 Å². The zero-order valence-corrected chi connectivity index (χ0v) is 11.5. The van der Waals surface area contributed by atoms with Crippen molar-refractivity contribution >= 4 is 0 Å². The number of hydrogen-bond acceptors (Lipinski definition) is 3. The number of fused-ring (bicyclic) bond motifs is 1. The number of nitrogens with one attached hydrogen (secondary N) is 1. The Hall–Kier alpha value is -0.930. The third kappa shape index (κ3) is 1.55. The summed E-state index contributed by atoms with van der Waals surface area (Å²) in [6.45, 7) is 3.28. The second kappa shape index (κ2) is 4.03. The fraction of sp³-hybridized carbons (Fsp3) is 0.688. The van der Waals surface area contributed by atoms with E-state index in [1.165, 1.54) is 17.7 Å². The standard InChI is InChI=1S/C16H22N2O/c1-10-7-11-8-13-12(3-2-5-17-13)16(9-10)15(11)14(19)4-6-18-16/h2-3,5,10-11,14-15,18-19H,4,6-9H2,1H3. The van der Waals surface area contributed by atoms with Crippen molar-refractivity contribution in [3.8, 4) is 0 Å². The lowest BCUT2D eigenvalue weighted by Gasteiger charge is -2.58. The molecule has 1 aliphatic heterocycles. The number of pyridine rings is 1. The molecule has 2 aliphatic carbocycles. The van der Waals surface area contributed by atoms with Crippen LogP contribution in [0.25, 0.3) is 0 Å². The maximum Gasteiger partial charge on any atom is 0.0604 e. The van der Waals surface area contributed by atoms with Crippen molar-refractivity contribution in [3.05, 3.63) is 29.6 Å². The summed E-state index contributed by atoms with van der Waals surface area (Å²) in [5, 5.41) is 14.3. The predicted octanol–water partition coefficient (Wildman–Crippen LogP) is 1.85. The van der Waals surface area contributed by atoms with Crippen molar-refractivity contribution in [2.24, 2.45) is 17.8 Å². The average Bonchev–Trinajstić information content (AvgIpc) is 2.38. The van der Waals surface area contributed by atoms with Crippen LogP contribution in [-0.2, 0) is 12.0 Å². The van der Waals surface area contributed by atoms with E-state index in [0.717, 1.165) is 31.7 Å². The van der Waals surface area contributed by atoms with Crippen LogP contribution in [-0.4, -0.2) is 22.7 Å². The summed E-state index contributed by atoms with van der Waals surface area (Å²) in [7, 11) is 0. The average molecular weight is 258 g/mol. The van der Waals surface area contributed by atoms with Gasteiger partial charge in [0.15, 0.2) is 0 Å². The summed E-state index contributed by atoms with van der Waals surface area (Å²) >= 11 is 0. The van der Waals surface area contributed by atoms with Crippen molar-refractivity contribution in [3.63, 3.8) is 0 Å². The van der Waals surface area contributed by atoms with Gasteiger partial charge in [0.25, 0.3) is 0 Å². The molecule has 1 aromatic heterocycles. The largest absolute Gasteiger partial charge is 0.393 e. The molecule has 3 aliphatic rings. The molecule has 0 radical (unpaired) electrons. The highest BCUT2D eigenvalue weighted by Crippen LogP contribution is 2.55. The van der Waals surface area contributed by atoms with Crippen molar-refractivity contribution in [2.75, 3.05) is 6.54 Å². The Morgan fingerprint density at radius 2 is 2.37 bits per heavy atom. The maximum atomic E-state index is 10.6. The van der Waals surface area contributed by atoms with E-state index in [9.17, 15) is 5.11 Å². The normalized spacial score (nSPS) is 44.3. The second-order valence-electron chi connectivity index (χ2n) is 6.79. The number of rotatable bonds is 0. The molecule has 1 aromatic rings. The molecule has 0 aromatic carbocycles. The van der Waals surface area contributed by atoms with E-state index in [1.807, 2.05) is 12.3 Å². The number of aliphatic hydroxyl groups excluding tert-OH is 1. The highest BCUT2D eigenvalue weighted by atomic mass is 16.3. The zero-order chi connectivity index (χ0) is 13.0. The topological polar surface area (TPSA) is 45.2 Å². The minimum absolute atomic E-state index is 0.0121. The molecular formula is C16H22N2O. The van der Waals surface area contributed by atoms with Gasteiger partial charge in [0, 0.05) is 17.8 Å². The van der Waals surface area contributed by atoms with Gasteiger partial charge in [0.1, 0.15) is 0 Å². The van der Waals surface area contributed by atoms with Crippen LogP contribution >= 0.6 is 0 Å². The Morgan fingerprint density at radius 3 is 3.26 bits per heavy atom. The molecule has 1 saturated heterocycles. The van der Waals surface area contributed by atoms with Crippen molar-refractivity contribution in [2.45, 2.75) is 44.2 Å². The minimum Gasteiger partial charge on any atom is -0.393 e. The number of nitrogens with zero attached hydrogens (tertiary/aromatic N) is 1. The van der Waals surface area contributed by atoms with Gasteiger partial charge in [-0.25, -0.2) is 0 Å². The minimum atomic E-state index is -0.146. The number of piperidine rings is 1. The molecule has 1 saturated carbocycles. The highest BCUT2D eigenvalue weighted by Gasteiger charge is 2.56. The molecular weight excluding hydrogens is 236 g/mol. The Kier molecular flexibility index (Phi) is 2.52. The van der Waals surface area contributed by atoms with E-state index in [4.69, 9.17) is 0 Å². The summed E-state index contributed by atoms with van der Waals surface area (Å²) in [5.74, 6) is 1.70. The van der Waals surface area contributed by atoms with Gasteiger partial charge >= 0.3 is 0 Å². The molecule has 0 amide bonds. The molecule has 5 unspecified atom stereocenters. The zero-order valence-electron chi connectivity index (χ0n) is 11.5. The second-order valence-corrected chi connectivity index (χ2v) is 6.79. The molecule has 3 heteroatoms. The number of aliphatic hydroxyl groups is 1. The smallest absolute Gasteiger partial charge is 0.0604 e. The van der Waals surface area contributed by atoms with E-state index < -0.39 is 0 Å². The molecule has 3 nitrogen and oxygen atoms in total.